The van der Waals surface area contributed by atoms with Crippen LogP contribution in [0.1, 0.15) is 18.9 Å². The summed E-state index contributed by atoms with van der Waals surface area (Å²) in [5.41, 5.74) is 2.50. The number of hydrogen-bond donors (Lipinski definition) is 2. The van der Waals surface area contributed by atoms with Crippen LogP contribution in [0.5, 0.6) is 0 Å². The highest BCUT2D eigenvalue weighted by Crippen LogP contribution is 2.15. The number of nitrogens with one attached hydrogen (secondary N) is 2. The quantitative estimate of drug-likeness (QED) is 0.278. The van der Waals surface area contributed by atoms with Crippen molar-refractivity contribution < 1.29 is 0 Å². The molecular weight excluding hydrogens is 396 g/mol. The van der Waals surface area contributed by atoms with Gasteiger partial charge >= 0.3 is 0 Å². The molecule has 30 heavy (non-hydrogen) atoms. The van der Waals surface area contributed by atoms with Gasteiger partial charge in [-0.25, -0.2) is 4.98 Å². The second-order valence-corrected chi connectivity index (χ2v) is 7.83. The van der Waals surface area contributed by atoms with Crippen LogP contribution in [0.3, 0.4) is 0 Å². The molecule has 2 N–H and O–H groups in total. The van der Waals surface area contributed by atoms with Gasteiger partial charge in [0, 0.05) is 64.2 Å². The fraction of sp³-hybridized carbons (Fsp3) is 0.478. The second kappa shape index (κ2) is 12.4. The first-order valence-electron chi connectivity index (χ1n) is 10.9. The summed E-state index contributed by atoms with van der Waals surface area (Å²) < 4.78 is 0. The molecule has 1 saturated heterocycles. The van der Waals surface area contributed by atoms with Gasteiger partial charge in [0.2, 0.25) is 0 Å². The highest BCUT2D eigenvalue weighted by Gasteiger charge is 2.16. The van der Waals surface area contributed by atoms with Gasteiger partial charge < -0.3 is 15.5 Å². The van der Waals surface area contributed by atoms with Crippen molar-refractivity contribution in [2.75, 3.05) is 57.3 Å². The Labute approximate surface area is 185 Å². The second-order valence-electron chi connectivity index (χ2n) is 7.44. The van der Waals surface area contributed by atoms with Gasteiger partial charge in [0.15, 0.2) is 5.96 Å². The number of guanidine groups is 1. The number of para-hydroxylation sites is 1. The third-order valence-corrected chi connectivity index (χ3v) is 5.46. The van der Waals surface area contributed by atoms with E-state index in [4.69, 9.17) is 16.6 Å². The van der Waals surface area contributed by atoms with Crippen molar-refractivity contribution in [3.63, 3.8) is 0 Å². The van der Waals surface area contributed by atoms with E-state index in [1.807, 2.05) is 18.3 Å². The SMILES string of the molecule is CCNC(=NCCCN1CCN(c2ccccc2)CC1)NCCc1ccc(Cl)nc1. The lowest BCUT2D eigenvalue weighted by molar-refractivity contribution is 0.256. The largest absolute Gasteiger partial charge is 0.369 e. The van der Waals surface area contributed by atoms with Crippen LogP contribution in [0.15, 0.2) is 53.7 Å². The Bertz CT molecular complexity index is 757. The Morgan fingerprint density at radius 2 is 1.87 bits per heavy atom. The summed E-state index contributed by atoms with van der Waals surface area (Å²) in [5.74, 6) is 0.883. The highest BCUT2D eigenvalue weighted by molar-refractivity contribution is 6.29. The third kappa shape index (κ3) is 7.50. The summed E-state index contributed by atoms with van der Waals surface area (Å²) in [6, 6.07) is 14.5. The average Bonchev–Trinajstić information content (AvgIpc) is 2.79. The molecule has 1 aromatic carbocycles. The van der Waals surface area contributed by atoms with E-state index in [1.165, 1.54) is 5.69 Å². The standard InChI is InChI=1S/C23H33ClN6/c1-2-25-23(27-13-11-20-9-10-22(24)28-19-20)26-12-6-14-29-15-17-30(18-16-29)21-7-4-3-5-8-21/h3-5,7-10,19H,2,6,11-18H2,1H3,(H2,25,26,27). The van der Waals surface area contributed by atoms with Gasteiger partial charge in [-0.05, 0) is 43.5 Å². The zero-order chi connectivity index (χ0) is 21.0. The van der Waals surface area contributed by atoms with E-state index in [9.17, 15) is 0 Å². The maximum atomic E-state index is 5.84. The molecular formula is C23H33ClN6. The van der Waals surface area contributed by atoms with Crippen LogP contribution >= 0.6 is 11.6 Å². The molecule has 6 nitrogen and oxygen atoms in total. The maximum absolute atomic E-state index is 5.84. The highest BCUT2D eigenvalue weighted by atomic mass is 35.5. The van der Waals surface area contributed by atoms with Gasteiger partial charge in [0.25, 0.3) is 0 Å². The summed E-state index contributed by atoms with van der Waals surface area (Å²) in [7, 11) is 0. The van der Waals surface area contributed by atoms with Gasteiger partial charge in [0.1, 0.15) is 5.15 Å². The maximum Gasteiger partial charge on any atom is 0.191 e. The molecule has 2 heterocycles. The van der Waals surface area contributed by atoms with Crippen molar-refractivity contribution in [3.05, 3.63) is 59.4 Å². The molecule has 162 valence electrons. The monoisotopic (exact) mass is 428 g/mol. The number of rotatable bonds is 9. The summed E-state index contributed by atoms with van der Waals surface area (Å²) in [6.45, 7) is 10.1. The number of anilines is 1. The Hall–Kier alpha value is -2.31. The van der Waals surface area contributed by atoms with Crippen molar-refractivity contribution in [1.82, 2.24) is 20.5 Å². The molecule has 1 aliphatic rings. The predicted octanol–water partition coefficient (Wildman–Crippen LogP) is 3.04. The Kier molecular flexibility index (Phi) is 9.25. The van der Waals surface area contributed by atoms with Crippen molar-refractivity contribution in [1.29, 1.82) is 0 Å². The molecule has 0 atom stereocenters. The number of aromatic nitrogens is 1. The van der Waals surface area contributed by atoms with Crippen LogP contribution in [-0.2, 0) is 6.42 Å². The van der Waals surface area contributed by atoms with Crippen LogP contribution < -0.4 is 15.5 Å². The number of pyridine rings is 1. The fourth-order valence-electron chi connectivity index (χ4n) is 3.57. The Morgan fingerprint density at radius 3 is 2.57 bits per heavy atom. The third-order valence-electron chi connectivity index (χ3n) is 5.23. The minimum Gasteiger partial charge on any atom is -0.369 e. The van der Waals surface area contributed by atoms with E-state index in [1.54, 1.807) is 0 Å². The molecule has 0 amide bonds. The number of nitrogens with zero attached hydrogens (tertiary/aromatic N) is 4. The number of halogens is 1. The van der Waals surface area contributed by atoms with Gasteiger partial charge in [-0.2, -0.15) is 0 Å². The van der Waals surface area contributed by atoms with Crippen molar-refractivity contribution in [2.45, 2.75) is 19.8 Å². The van der Waals surface area contributed by atoms with E-state index < -0.39 is 0 Å². The summed E-state index contributed by atoms with van der Waals surface area (Å²) in [4.78, 5) is 13.9. The van der Waals surface area contributed by atoms with Gasteiger partial charge in [-0.1, -0.05) is 35.9 Å². The molecule has 0 unspecified atom stereocenters. The molecule has 0 spiro atoms. The summed E-state index contributed by atoms with van der Waals surface area (Å²) >= 11 is 5.84. The van der Waals surface area contributed by atoms with Gasteiger partial charge in [0.05, 0.1) is 0 Å². The minimum absolute atomic E-state index is 0.531. The zero-order valence-corrected chi connectivity index (χ0v) is 18.6. The molecule has 7 heteroatoms. The van der Waals surface area contributed by atoms with Gasteiger partial charge in [-0.3, -0.25) is 9.89 Å². The van der Waals surface area contributed by atoms with Crippen LogP contribution in [-0.4, -0.2) is 68.2 Å². The minimum atomic E-state index is 0.531. The Morgan fingerprint density at radius 1 is 1.07 bits per heavy atom. The molecule has 1 fully saturated rings. The fourth-order valence-corrected chi connectivity index (χ4v) is 3.69. The molecule has 0 aliphatic carbocycles. The lowest BCUT2D eigenvalue weighted by atomic mass is 10.2. The van der Waals surface area contributed by atoms with E-state index in [0.717, 1.165) is 76.7 Å². The van der Waals surface area contributed by atoms with E-state index in [2.05, 4.69) is 62.7 Å². The van der Waals surface area contributed by atoms with Crippen molar-refractivity contribution in [2.24, 2.45) is 4.99 Å². The summed E-state index contributed by atoms with van der Waals surface area (Å²) in [5, 5.41) is 7.26. The number of benzene rings is 1. The molecule has 1 aliphatic heterocycles. The van der Waals surface area contributed by atoms with E-state index >= 15 is 0 Å². The van der Waals surface area contributed by atoms with Crippen LogP contribution in [0.25, 0.3) is 0 Å². The normalized spacial score (nSPS) is 15.3. The number of piperazine rings is 1. The lowest BCUT2D eigenvalue weighted by Crippen LogP contribution is -2.46. The molecule has 0 bridgehead atoms. The van der Waals surface area contributed by atoms with Crippen LogP contribution in [0, 0.1) is 0 Å². The lowest BCUT2D eigenvalue weighted by Gasteiger charge is -2.36. The molecule has 1 aromatic heterocycles. The van der Waals surface area contributed by atoms with Crippen LogP contribution in [0.4, 0.5) is 5.69 Å². The zero-order valence-electron chi connectivity index (χ0n) is 17.9. The van der Waals surface area contributed by atoms with Crippen molar-refractivity contribution in [3.8, 4) is 0 Å². The first-order chi connectivity index (χ1) is 14.7. The van der Waals surface area contributed by atoms with Gasteiger partial charge in [-0.15, -0.1) is 0 Å². The molecule has 0 radical (unpaired) electrons. The first-order valence-corrected chi connectivity index (χ1v) is 11.3. The molecule has 0 saturated carbocycles. The molecule has 2 aromatic rings. The smallest absolute Gasteiger partial charge is 0.191 e. The molecule has 3 rings (SSSR count). The van der Waals surface area contributed by atoms with Crippen molar-refractivity contribution >= 4 is 23.2 Å². The predicted molar refractivity (Wildman–Crippen MR) is 127 cm³/mol. The number of aliphatic imine (C=N–C) groups is 1. The van der Waals surface area contributed by atoms with E-state index in [-0.39, 0.29) is 0 Å². The van der Waals surface area contributed by atoms with Crippen LogP contribution in [0.2, 0.25) is 5.15 Å². The topological polar surface area (TPSA) is 55.8 Å². The first kappa shape index (κ1) is 22.4. The Balaban J connectivity index is 1.33. The average molecular weight is 429 g/mol. The van der Waals surface area contributed by atoms with E-state index in [0.29, 0.717) is 5.15 Å². The number of hydrogen-bond acceptors (Lipinski definition) is 4. The summed E-state index contributed by atoms with van der Waals surface area (Å²) in [6.07, 6.45) is 3.79.